The molecule has 0 saturated heterocycles. The van der Waals surface area contributed by atoms with Gasteiger partial charge in [0.2, 0.25) is 10.0 Å². The van der Waals surface area contributed by atoms with Gasteiger partial charge in [0.15, 0.2) is 6.61 Å². The number of benzene rings is 2. The summed E-state index contributed by atoms with van der Waals surface area (Å²) in [7, 11) is -2.40. The third-order valence-corrected chi connectivity index (χ3v) is 5.49. The van der Waals surface area contributed by atoms with Crippen molar-refractivity contribution in [3.8, 4) is 5.75 Å². The summed E-state index contributed by atoms with van der Waals surface area (Å²) in [5, 5.41) is 16.2. The van der Waals surface area contributed by atoms with Gasteiger partial charge in [-0.25, -0.2) is 17.9 Å². The molecule has 0 saturated carbocycles. The molecule has 10 nitrogen and oxygen atoms in total. The van der Waals surface area contributed by atoms with Crippen molar-refractivity contribution in [1.29, 1.82) is 5.41 Å². The molecular formula is C21H26N3O7S-. The molecule has 32 heavy (non-hydrogen) atoms. The maximum Gasteiger partial charge on any atom is 0.343 e. The molecule has 0 amide bonds. The van der Waals surface area contributed by atoms with Crippen molar-refractivity contribution >= 4 is 27.8 Å². The van der Waals surface area contributed by atoms with Crippen LogP contribution >= 0.6 is 0 Å². The molecule has 0 fully saturated rings. The lowest BCUT2D eigenvalue weighted by Crippen LogP contribution is -2.34. The SMILES string of the molecule is CC(=O)[O-].COC(=O)COc1ccc(CC(C)NS(=O)(=O)c2ccc(C(=N)N)cc2)cc1. The van der Waals surface area contributed by atoms with Gasteiger partial charge in [-0.2, -0.15) is 0 Å². The van der Waals surface area contributed by atoms with Gasteiger partial charge >= 0.3 is 5.97 Å². The van der Waals surface area contributed by atoms with E-state index in [2.05, 4.69) is 9.46 Å². The van der Waals surface area contributed by atoms with Crippen LogP contribution in [0, 0.1) is 5.41 Å². The standard InChI is InChI=1S/C19H23N3O5S.C2H4O2/c1-13(11-14-3-7-16(8-4-14)27-12-18(23)26-2)22-28(24,25)17-9-5-15(6-10-17)19(20)21;1-2(3)4/h3-10,13,22H,11-12H2,1-2H3,(H3,20,21);1H3,(H,3,4)/p-1. The van der Waals surface area contributed by atoms with E-state index in [9.17, 15) is 13.2 Å². The minimum Gasteiger partial charge on any atom is -0.550 e. The second kappa shape index (κ2) is 12.4. The summed E-state index contributed by atoms with van der Waals surface area (Å²) in [6.07, 6.45) is 0.474. The molecule has 0 bridgehead atoms. The zero-order valence-electron chi connectivity index (χ0n) is 18.0. The number of carbonyl (C=O) groups excluding carboxylic acids is 2. The van der Waals surface area contributed by atoms with Crippen molar-refractivity contribution in [1.82, 2.24) is 4.72 Å². The number of hydrogen-bond donors (Lipinski definition) is 3. The van der Waals surface area contributed by atoms with Crippen LogP contribution in [-0.4, -0.2) is 46.0 Å². The fourth-order valence-electron chi connectivity index (χ4n) is 2.46. The van der Waals surface area contributed by atoms with Crippen LogP contribution in [0.15, 0.2) is 53.4 Å². The lowest BCUT2D eigenvalue weighted by atomic mass is 10.1. The van der Waals surface area contributed by atoms with Crippen LogP contribution in [0.3, 0.4) is 0 Å². The second-order valence-electron chi connectivity index (χ2n) is 6.66. The number of sulfonamides is 1. The number of nitrogens with two attached hydrogens (primary N) is 1. The topological polar surface area (TPSA) is 172 Å². The number of amidine groups is 1. The van der Waals surface area contributed by atoms with E-state index < -0.39 is 22.0 Å². The first-order valence-corrected chi connectivity index (χ1v) is 10.9. The number of nitrogen functional groups attached to an aromatic ring is 1. The number of carboxylic acids is 1. The Morgan fingerprint density at radius 2 is 1.66 bits per heavy atom. The first-order chi connectivity index (χ1) is 14.9. The number of methoxy groups -OCH3 is 1. The fraction of sp³-hybridized carbons (Fsp3) is 0.286. The summed E-state index contributed by atoms with van der Waals surface area (Å²) in [5.41, 5.74) is 6.75. The van der Waals surface area contributed by atoms with Gasteiger partial charge in [-0.3, -0.25) is 5.41 Å². The van der Waals surface area contributed by atoms with Gasteiger partial charge in [-0.05, 0) is 62.2 Å². The van der Waals surface area contributed by atoms with Crippen LogP contribution < -0.4 is 20.3 Å². The maximum absolute atomic E-state index is 12.5. The van der Waals surface area contributed by atoms with Crippen LogP contribution in [0.1, 0.15) is 25.0 Å². The third-order valence-electron chi connectivity index (χ3n) is 3.88. The Morgan fingerprint density at radius 3 is 2.12 bits per heavy atom. The summed E-state index contributed by atoms with van der Waals surface area (Å²) in [4.78, 5) is 20.1. The van der Waals surface area contributed by atoms with Crippen molar-refractivity contribution in [2.24, 2.45) is 5.73 Å². The molecule has 2 aromatic rings. The summed E-state index contributed by atoms with van der Waals surface area (Å²) in [6.45, 7) is 2.57. The summed E-state index contributed by atoms with van der Waals surface area (Å²) in [5.74, 6) is -1.15. The van der Waals surface area contributed by atoms with Crippen LogP contribution in [-0.2, 0) is 30.8 Å². The van der Waals surface area contributed by atoms with Crippen LogP contribution in [0.5, 0.6) is 5.75 Å². The fourth-order valence-corrected chi connectivity index (χ4v) is 3.71. The lowest BCUT2D eigenvalue weighted by Gasteiger charge is -2.15. The van der Waals surface area contributed by atoms with E-state index in [0.29, 0.717) is 17.7 Å². The molecule has 11 heteroatoms. The highest BCUT2D eigenvalue weighted by molar-refractivity contribution is 7.89. The average molecular weight is 465 g/mol. The Hall–Kier alpha value is -3.44. The second-order valence-corrected chi connectivity index (χ2v) is 8.38. The first kappa shape index (κ1) is 26.6. The number of ether oxygens (including phenoxy) is 2. The van der Waals surface area contributed by atoms with E-state index in [1.807, 2.05) is 0 Å². The van der Waals surface area contributed by atoms with Gasteiger partial charge in [-0.15, -0.1) is 0 Å². The molecule has 1 atom stereocenters. The van der Waals surface area contributed by atoms with Crippen molar-refractivity contribution in [3.05, 3.63) is 59.7 Å². The number of carboxylic acid groups (broad SMARTS) is 1. The zero-order valence-corrected chi connectivity index (χ0v) is 18.8. The molecule has 0 heterocycles. The van der Waals surface area contributed by atoms with Gasteiger partial charge in [0.25, 0.3) is 0 Å². The lowest BCUT2D eigenvalue weighted by molar-refractivity contribution is -0.302. The number of hydrogen-bond acceptors (Lipinski definition) is 8. The molecule has 0 aliphatic rings. The molecule has 1 unspecified atom stereocenters. The number of aliphatic carboxylic acids is 1. The molecule has 0 aromatic heterocycles. The largest absolute Gasteiger partial charge is 0.550 e. The van der Waals surface area contributed by atoms with Crippen molar-refractivity contribution in [2.45, 2.75) is 31.2 Å². The molecule has 2 rings (SSSR count). The molecule has 0 radical (unpaired) electrons. The van der Waals surface area contributed by atoms with Crippen LogP contribution in [0.2, 0.25) is 0 Å². The van der Waals surface area contributed by atoms with E-state index >= 15 is 0 Å². The monoisotopic (exact) mass is 464 g/mol. The highest BCUT2D eigenvalue weighted by Crippen LogP contribution is 2.15. The molecule has 0 spiro atoms. The van der Waals surface area contributed by atoms with Crippen LogP contribution in [0.4, 0.5) is 0 Å². The smallest absolute Gasteiger partial charge is 0.343 e. The van der Waals surface area contributed by atoms with Gasteiger partial charge in [0.05, 0.1) is 12.0 Å². The average Bonchev–Trinajstić information content (AvgIpc) is 2.72. The summed E-state index contributed by atoms with van der Waals surface area (Å²) in [6, 6.07) is 12.5. The number of rotatable bonds is 9. The van der Waals surface area contributed by atoms with Gasteiger partial charge in [0, 0.05) is 17.6 Å². The molecule has 174 valence electrons. The maximum atomic E-state index is 12.5. The summed E-state index contributed by atoms with van der Waals surface area (Å²) < 4.78 is 37.4. The Morgan fingerprint density at radius 1 is 1.12 bits per heavy atom. The summed E-state index contributed by atoms with van der Waals surface area (Å²) >= 11 is 0. The van der Waals surface area contributed by atoms with E-state index in [-0.39, 0.29) is 23.4 Å². The third kappa shape index (κ3) is 9.58. The Bertz CT molecular complexity index is 1020. The first-order valence-electron chi connectivity index (χ1n) is 9.37. The Labute approximate surface area is 186 Å². The van der Waals surface area contributed by atoms with E-state index in [0.717, 1.165) is 12.5 Å². The van der Waals surface area contributed by atoms with Gasteiger partial charge in [0.1, 0.15) is 11.6 Å². The number of esters is 1. The highest BCUT2D eigenvalue weighted by Gasteiger charge is 2.18. The van der Waals surface area contributed by atoms with Crippen molar-refractivity contribution in [2.75, 3.05) is 13.7 Å². The Balaban J connectivity index is 0.00000118. The van der Waals surface area contributed by atoms with E-state index in [1.54, 1.807) is 31.2 Å². The molecule has 0 aliphatic heterocycles. The van der Waals surface area contributed by atoms with E-state index in [1.165, 1.54) is 31.4 Å². The molecule has 2 aromatic carbocycles. The minimum absolute atomic E-state index is 0.107. The van der Waals surface area contributed by atoms with Crippen LogP contribution in [0.25, 0.3) is 0 Å². The quantitative estimate of drug-likeness (QED) is 0.268. The highest BCUT2D eigenvalue weighted by atomic mass is 32.2. The van der Waals surface area contributed by atoms with Crippen molar-refractivity contribution < 1.29 is 32.6 Å². The Kier molecular flexibility index (Phi) is 10.3. The predicted octanol–water partition coefficient (Wildman–Crippen LogP) is 0.188. The molecule has 4 N–H and O–H groups in total. The normalized spacial score (nSPS) is 11.5. The zero-order chi connectivity index (χ0) is 24.3. The van der Waals surface area contributed by atoms with Crippen molar-refractivity contribution in [3.63, 3.8) is 0 Å². The minimum atomic E-state index is -3.69. The van der Waals surface area contributed by atoms with Gasteiger partial charge in [-0.1, -0.05) is 12.1 Å². The predicted molar refractivity (Wildman–Crippen MR) is 116 cm³/mol. The number of carbonyl (C=O) groups is 2. The van der Waals surface area contributed by atoms with E-state index in [4.69, 9.17) is 25.8 Å². The molecular weight excluding hydrogens is 438 g/mol. The number of nitrogens with one attached hydrogen (secondary N) is 2. The molecule has 0 aliphatic carbocycles. The van der Waals surface area contributed by atoms with Gasteiger partial charge < -0.3 is 25.1 Å².